The Kier molecular flexibility index (Phi) is 4.22. The molecule has 1 saturated carbocycles. The lowest BCUT2D eigenvalue weighted by Gasteiger charge is -2.31. The highest BCUT2D eigenvalue weighted by atomic mass is 32.1. The Morgan fingerprint density at radius 2 is 2.10 bits per heavy atom. The largest absolute Gasteiger partial charge is 0.309 e. The van der Waals surface area contributed by atoms with Crippen molar-refractivity contribution in [2.75, 3.05) is 13.1 Å². The molecule has 0 saturated heterocycles. The van der Waals surface area contributed by atoms with Gasteiger partial charge in [-0.1, -0.05) is 19.8 Å². The molecule has 1 aromatic heterocycles. The highest BCUT2D eigenvalue weighted by Crippen LogP contribution is 2.31. The topological polar surface area (TPSA) is 25.2 Å². The molecule has 1 fully saturated rings. The fraction of sp³-hybridized carbons (Fsp3) is 0.688. The third-order valence-electron chi connectivity index (χ3n) is 4.87. The van der Waals surface area contributed by atoms with Crippen molar-refractivity contribution in [3.63, 3.8) is 0 Å². The first-order valence-corrected chi connectivity index (χ1v) is 8.47. The zero-order valence-corrected chi connectivity index (χ0v) is 13.2. The molecule has 20 heavy (non-hydrogen) atoms. The average Bonchev–Trinajstić information content (AvgIpc) is 3.00. The Hall–Kier alpha value is -0.740. The maximum absolute atomic E-state index is 12.7. The predicted molar refractivity (Wildman–Crippen MR) is 85.6 cm³/mol. The van der Waals surface area contributed by atoms with E-state index in [4.69, 9.17) is 0 Å². The SMILES string of the molecule is CCN1CCc2c(cc(CS)c(=O)n2C2CCCC2)C1. The summed E-state index contributed by atoms with van der Waals surface area (Å²) in [6, 6.07) is 2.54. The quantitative estimate of drug-likeness (QED) is 0.867. The van der Waals surface area contributed by atoms with Gasteiger partial charge >= 0.3 is 0 Å². The van der Waals surface area contributed by atoms with E-state index in [0.29, 0.717) is 11.8 Å². The average molecular weight is 292 g/mol. The standard InChI is InChI=1S/C16H24N2OS/c1-2-17-8-7-15-12(10-17)9-13(11-20)16(19)18(15)14-5-3-4-6-14/h9,14,20H,2-8,10-11H2,1H3. The maximum atomic E-state index is 12.7. The first-order valence-electron chi connectivity index (χ1n) is 7.84. The minimum atomic E-state index is 0.218. The molecule has 0 amide bonds. The molecule has 0 radical (unpaired) electrons. The van der Waals surface area contributed by atoms with Crippen LogP contribution in [0, 0.1) is 0 Å². The summed E-state index contributed by atoms with van der Waals surface area (Å²) in [4.78, 5) is 15.2. The van der Waals surface area contributed by atoms with Crippen molar-refractivity contribution in [3.8, 4) is 0 Å². The summed E-state index contributed by atoms with van der Waals surface area (Å²) < 4.78 is 2.14. The molecule has 1 aromatic rings. The first kappa shape index (κ1) is 14.2. The molecule has 110 valence electrons. The molecule has 3 nitrogen and oxygen atoms in total. The Labute approximate surface area is 126 Å². The van der Waals surface area contributed by atoms with Gasteiger partial charge in [-0.2, -0.15) is 12.6 Å². The summed E-state index contributed by atoms with van der Waals surface area (Å²) in [5.74, 6) is 0.547. The lowest BCUT2D eigenvalue weighted by atomic mass is 10.0. The second-order valence-corrected chi connectivity index (χ2v) is 6.35. The van der Waals surface area contributed by atoms with Gasteiger partial charge in [0, 0.05) is 42.6 Å². The van der Waals surface area contributed by atoms with Gasteiger partial charge in [-0.25, -0.2) is 0 Å². The van der Waals surface area contributed by atoms with Crippen LogP contribution in [0.2, 0.25) is 0 Å². The number of thiol groups is 1. The second kappa shape index (κ2) is 5.94. The number of fused-ring (bicyclic) bond motifs is 1. The highest BCUT2D eigenvalue weighted by molar-refractivity contribution is 7.79. The Morgan fingerprint density at radius 1 is 1.35 bits per heavy atom. The molecule has 0 spiro atoms. The number of rotatable bonds is 3. The van der Waals surface area contributed by atoms with E-state index in [1.165, 1.54) is 36.9 Å². The Morgan fingerprint density at radius 3 is 2.75 bits per heavy atom. The zero-order chi connectivity index (χ0) is 14.1. The van der Waals surface area contributed by atoms with Crippen molar-refractivity contribution < 1.29 is 0 Å². The number of hydrogen-bond acceptors (Lipinski definition) is 3. The lowest BCUT2D eigenvalue weighted by molar-refractivity contribution is 0.258. The predicted octanol–water partition coefficient (Wildman–Crippen LogP) is 2.77. The number of nitrogens with zero attached hydrogens (tertiary/aromatic N) is 2. The van der Waals surface area contributed by atoms with Gasteiger partial charge in [0.25, 0.3) is 5.56 Å². The maximum Gasteiger partial charge on any atom is 0.255 e. The normalized spacial score (nSPS) is 20.3. The van der Waals surface area contributed by atoms with E-state index in [0.717, 1.165) is 31.6 Å². The van der Waals surface area contributed by atoms with Gasteiger partial charge < -0.3 is 4.57 Å². The number of aromatic nitrogens is 1. The molecule has 2 heterocycles. The summed E-state index contributed by atoms with van der Waals surface area (Å²) in [6.07, 6.45) is 5.87. The molecular formula is C16H24N2OS. The second-order valence-electron chi connectivity index (χ2n) is 6.03. The monoisotopic (exact) mass is 292 g/mol. The van der Waals surface area contributed by atoms with Gasteiger partial charge in [-0.05, 0) is 31.0 Å². The summed E-state index contributed by atoms with van der Waals surface area (Å²) >= 11 is 4.36. The van der Waals surface area contributed by atoms with E-state index in [-0.39, 0.29) is 5.56 Å². The third-order valence-corrected chi connectivity index (χ3v) is 5.21. The molecule has 1 aliphatic heterocycles. The summed E-state index contributed by atoms with van der Waals surface area (Å²) in [6.45, 7) is 5.35. The molecule has 3 rings (SSSR count). The number of hydrogen-bond donors (Lipinski definition) is 1. The van der Waals surface area contributed by atoms with Crippen molar-refractivity contribution in [1.82, 2.24) is 9.47 Å². The van der Waals surface area contributed by atoms with Crippen molar-refractivity contribution in [3.05, 3.63) is 33.2 Å². The number of pyridine rings is 1. The first-order chi connectivity index (χ1) is 9.74. The van der Waals surface area contributed by atoms with Crippen LogP contribution in [0.1, 0.15) is 55.5 Å². The van der Waals surface area contributed by atoms with Crippen molar-refractivity contribution in [2.45, 2.75) is 57.4 Å². The summed E-state index contributed by atoms with van der Waals surface area (Å²) in [7, 11) is 0. The van der Waals surface area contributed by atoms with E-state index in [9.17, 15) is 4.79 Å². The molecule has 2 aliphatic rings. The van der Waals surface area contributed by atoms with E-state index in [1.807, 2.05) is 0 Å². The van der Waals surface area contributed by atoms with E-state index in [1.54, 1.807) is 0 Å². The molecule has 0 unspecified atom stereocenters. The van der Waals surface area contributed by atoms with Crippen LogP contribution in [-0.4, -0.2) is 22.6 Å². The van der Waals surface area contributed by atoms with Crippen LogP contribution in [0.4, 0.5) is 0 Å². The molecular weight excluding hydrogens is 268 g/mol. The minimum absolute atomic E-state index is 0.218. The smallest absolute Gasteiger partial charge is 0.255 e. The molecule has 0 bridgehead atoms. The Balaban J connectivity index is 2.09. The van der Waals surface area contributed by atoms with Gasteiger partial charge in [0.15, 0.2) is 0 Å². The summed E-state index contributed by atoms with van der Waals surface area (Å²) in [5.41, 5.74) is 3.75. The van der Waals surface area contributed by atoms with Gasteiger partial charge in [0.2, 0.25) is 0 Å². The van der Waals surface area contributed by atoms with Crippen molar-refractivity contribution >= 4 is 12.6 Å². The molecule has 4 heteroatoms. The molecule has 0 aromatic carbocycles. The lowest BCUT2D eigenvalue weighted by Crippen LogP contribution is -2.37. The minimum Gasteiger partial charge on any atom is -0.309 e. The van der Waals surface area contributed by atoms with Crippen molar-refractivity contribution in [2.24, 2.45) is 0 Å². The fourth-order valence-electron chi connectivity index (χ4n) is 3.72. The molecule has 0 atom stereocenters. The van der Waals surface area contributed by atoms with Crippen LogP contribution in [0.15, 0.2) is 10.9 Å². The van der Waals surface area contributed by atoms with Crippen LogP contribution in [0.5, 0.6) is 0 Å². The fourth-order valence-corrected chi connectivity index (χ4v) is 3.95. The van der Waals surface area contributed by atoms with Gasteiger partial charge in [0.1, 0.15) is 0 Å². The van der Waals surface area contributed by atoms with Gasteiger partial charge in [0.05, 0.1) is 0 Å². The highest BCUT2D eigenvalue weighted by Gasteiger charge is 2.26. The van der Waals surface area contributed by atoms with Gasteiger partial charge in [-0.3, -0.25) is 9.69 Å². The van der Waals surface area contributed by atoms with Gasteiger partial charge in [-0.15, -0.1) is 0 Å². The van der Waals surface area contributed by atoms with E-state index >= 15 is 0 Å². The van der Waals surface area contributed by atoms with Crippen molar-refractivity contribution in [1.29, 1.82) is 0 Å². The number of likely N-dealkylation sites (N-methyl/N-ethyl adjacent to an activating group) is 1. The van der Waals surface area contributed by atoms with Crippen LogP contribution in [0.3, 0.4) is 0 Å². The van der Waals surface area contributed by atoms with Crippen LogP contribution in [0.25, 0.3) is 0 Å². The van der Waals surface area contributed by atoms with E-state index < -0.39 is 0 Å². The van der Waals surface area contributed by atoms with Crippen LogP contribution in [-0.2, 0) is 18.7 Å². The molecule has 0 N–H and O–H groups in total. The zero-order valence-electron chi connectivity index (χ0n) is 12.3. The van der Waals surface area contributed by atoms with E-state index in [2.05, 4.69) is 35.1 Å². The summed E-state index contributed by atoms with van der Waals surface area (Å²) in [5, 5.41) is 0. The van der Waals surface area contributed by atoms with Crippen LogP contribution < -0.4 is 5.56 Å². The Bertz CT molecular complexity index is 546. The third kappa shape index (κ3) is 2.44. The molecule has 1 aliphatic carbocycles. The van der Waals surface area contributed by atoms with Crippen LogP contribution >= 0.6 is 12.6 Å².